The van der Waals surface area contributed by atoms with Crippen LogP contribution in [0.4, 0.5) is 0 Å². The molecule has 0 aliphatic heterocycles. The van der Waals surface area contributed by atoms with Gasteiger partial charge in [-0.05, 0) is 48.9 Å². The molecule has 1 aromatic carbocycles. The maximum Gasteiger partial charge on any atom is 0.269 e. The number of aromatic nitrogens is 1. The number of fused-ring (bicyclic) bond motifs is 1. The van der Waals surface area contributed by atoms with E-state index < -0.39 is 0 Å². The van der Waals surface area contributed by atoms with Crippen LogP contribution in [0, 0.1) is 0 Å². The lowest BCUT2D eigenvalue weighted by Crippen LogP contribution is -2.52. The number of amides is 1. The first kappa shape index (κ1) is 18.5. The summed E-state index contributed by atoms with van der Waals surface area (Å²) in [6.45, 7) is 0.701. The second-order valence-corrected chi connectivity index (χ2v) is 8.25. The topological polar surface area (TPSA) is 37.3 Å². The SMILES string of the molecule is CN(C)C1(CNC(=O)c2c(Br)c3ccccc3n2C)CCCCCC1. The van der Waals surface area contributed by atoms with Crippen LogP contribution >= 0.6 is 15.9 Å². The van der Waals surface area contributed by atoms with Gasteiger partial charge in [-0.25, -0.2) is 0 Å². The van der Waals surface area contributed by atoms with Crippen molar-refractivity contribution in [1.82, 2.24) is 14.8 Å². The number of nitrogens with zero attached hydrogens (tertiary/aromatic N) is 2. The third-order valence-corrected chi connectivity index (χ3v) is 6.62. The predicted octanol–water partition coefficient (Wildman–Crippen LogP) is 4.33. The van der Waals surface area contributed by atoms with E-state index in [0.29, 0.717) is 12.2 Å². The van der Waals surface area contributed by atoms with Gasteiger partial charge in [0, 0.05) is 30.0 Å². The fourth-order valence-electron chi connectivity index (χ4n) is 4.10. The van der Waals surface area contributed by atoms with Gasteiger partial charge < -0.3 is 14.8 Å². The number of aryl methyl sites for hydroxylation is 1. The molecule has 25 heavy (non-hydrogen) atoms. The molecular weight excluding hydrogens is 378 g/mol. The number of hydrogen-bond donors (Lipinski definition) is 1. The lowest BCUT2D eigenvalue weighted by atomic mass is 9.88. The number of benzene rings is 1. The maximum absolute atomic E-state index is 13.0. The van der Waals surface area contributed by atoms with Crippen molar-refractivity contribution in [2.24, 2.45) is 7.05 Å². The average Bonchev–Trinajstić information content (AvgIpc) is 2.77. The molecule has 1 heterocycles. The third-order valence-electron chi connectivity index (χ3n) is 5.82. The number of halogens is 1. The highest BCUT2D eigenvalue weighted by Crippen LogP contribution is 2.32. The molecule has 0 atom stereocenters. The Kier molecular flexibility index (Phi) is 5.54. The number of carbonyl (C=O) groups excluding carboxylic acids is 1. The third kappa shape index (κ3) is 3.49. The number of likely N-dealkylation sites (N-methyl/N-ethyl adjacent to an activating group) is 1. The molecule has 0 saturated heterocycles. The van der Waals surface area contributed by atoms with E-state index in [2.05, 4.69) is 40.2 Å². The number of rotatable bonds is 4. The quantitative estimate of drug-likeness (QED) is 0.768. The van der Waals surface area contributed by atoms with E-state index in [1.807, 2.05) is 35.9 Å². The predicted molar refractivity (Wildman–Crippen MR) is 107 cm³/mol. The summed E-state index contributed by atoms with van der Waals surface area (Å²) < 4.78 is 2.85. The monoisotopic (exact) mass is 405 g/mol. The molecule has 1 fully saturated rings. The number of hydrogen-bond acceptors (Lipinski definition) is 2. The molecule has 5 heteroatoms. The van der Waals surface area contributed by atoms with Gasteiger partial charge >= 0.3 is 0 Å². The van der Waals surface area contributed by atoms with Gasteiger partial charge in [-0.1, -0.05) is 43.9 Å². The van der Waals surface area contributed by atoms with Crippen LogP contribution in [0.1, 0.15) is 49.0 Å². The standard InChI is InChI=1S/C20H28BrN3O/c1-23(2)20(12-8-4-5-9-13-20)14-22-19(25)18-17(21)15-10-6-7-11-16(15)24(18)3/h6-7,10-11H,4-5,8-9,12-14H2,1-3H3,(H,22,25). The molecule has 0 unspecified atom stereocenters. The summed E-state index contributed by atoms with van der Waals surface area (Å²) in [5.74, 6) is -0.00366. The summed E-state index contributed by atoms with van der Waals surface area (Å²) in [6.07, 6.45) is 7.39. The molecule has 0 spiro atoms. The van der Waals surface area contributed by atoms with Crippen molar-refractivity contribution in [2.45, 2.75) is 44.1 Å². The van der Waals surface area contributed by atoms with Gasteiger partial charge in [0.25, 0.3) is 5.91 Å². The van der Waals surface area contributed by atoms with E-state index in [0.717, 1.165) is 28.2 Å². The van der Waals surface area contributed by atoms with E-state index >= 15 is 0 Å². The Morgan fingerprint density at radius 3 is 2.44 bits per heavy atom. The van der Waals surface area contributed by atoms with Crippen LogP contribution in [0.3, 0.4) is 0 Å². The summed E-state index contributed by atoms with van der Waals surface area (Å²) in [5.41, 5.74) is 1.84. The lowest BCUT2D eigenvalue weighted by Gasteiger charge is -2.39. The highest BCUT2D eigenvalue weighted by Gasteiger charge is 2.34. The highest BCUT2D eigenvalue weighted by molar-refractivity contribution is 9.10. The Bertz CT molecular complexity index is 719. The van der Waals surface area contributed by atoms with Crippen LogP contribution < -0.4 is 5.32 Å². The molecule has 4 nitrogen and oxygen atoms in total. The van der Waals surface area contributed by atoms with Crippen molar-refractivity contribution >= 4 is 32.7 Å². The van der Waals surface area contributed by atoms with Crippen molar-refractivity contribution < 1.29 is 4.79 Å². The van der Waals surface area contributed by atoms with Crippen molar-refractivity contribution in [2.75, 3.05) is 20.6 Å². The van der Waals surface area contributed by atoms with E-state index in [9.17, 15) is 4.79 Å². The second kappa shape index (κ2) is 7.50. The Morgan fingerprint density at radius 2 is 1.84 bits per heavy atom. The zero-order valence-electron chi connectivity index (χ0n) is 15.4. The van der Waals surface area contributed by atoms with E-state index in [1.54, 1.807) is 0 Å². The van der Waals surface area contributed by atoms with E-state index in [1.165, 1.54) is 25.7 Å². The Balaban J connectivity index is 1.82. The minimum atomic E-state index is -0.00366. The van der Waals surface area contributed by atoms with Crippen molar-refractivity contribution in [1.29, 1.82) is 0 Å². The summed E-state index contributed by atoms with van der Waals surface area (Å²) in [5, 5.41) is 4.31. The van der Waals surface area contributed by atoms with Crippen LogP contribution in [-0.2, 0) is 7.05 Å². The zero-order chi connectivity index (χ0) is 18.0. The largest absolute Gasteiger partial charge is 0.349 e. The molecule has 1 aliphatic rings. The van der Waals surface area contributed by atoms with Crippen molar-refractivity contribution in [3.05, 3.63) is 34.4 Å². The van der Waals surface area contributed by atoms with Gasteiger partial charge in [0.05, 0.1) is 4.47 Å². The van der Waals surface area contributed by atoms with Gasteiger partial charge in [-0.2, -0.15) is 0 Å². The second-order valence-electron chi connectivity index (χ2n) is 7.45. The van der Waals surface area contributed by atoms with Crippen LogP contribution in [0.15, 0.2) is 28.7 Å². The maximum atomic E-state index is 13.0. The molecule has 1 saturated carbocycles. The Hall–Kier alpha value is -1.33. The molecule has 1 N–H and O–H groups in total. The summed E-state index contributed by atoms with van der Waals surface area (Å²) in [7, 11) is 6.24. The van der Waals surface area contributed by atoms with Crippen molar-refractivity contribution in [3.8, 4) is 0 Å². The molecule has 3 rings (SSSR count). The molecule has 0 bridgehead atoms. The van der Waals surface area contributed by atoms with Crippen molar-refractivity contribution in [3.63, 3.8) is 0 Å². The molecule has 1 aromatic heterocycles. The zero-order valence-corrected chi connectivity index (χ0v) is 17.0. The molecule has 0 radical (unpaired) electrons. The minimum Gasteiger partial charge on any atom is -0.349 e. The van der Waals surface area contributed by atoms with Crippen LogP contribution in [0.5, 0.6) is 0 Å². The molecule has 1 aliphatic carbocycles. The number of nitrogens with one attached hydrogen (secondary N) is 1. The number of carbonyl (C=O) groups is 1. The summed E-state index contributed by atoms with van der Waals surface area (Å²) in [6, 6.07) is 8.09. The average molecular weight is 406 g/mol. The molecule has 2 aromatic rings. The fraction of sp³-hybridized carbons (Fsp3) is 0.550. The molecule has 1 amide bonds. The van der Waals surface area contributed by atoms with Gasteiger partial charge in [0.15, 0.2) is 0 Å². The Labute approximate surface area is 158 Å². The van der Waals surface area contributed by atoms with Crippen LogP contribution in [-0.4, -0.2) is 41.6 Å². The van der Waals surface area contributed by atoms with Gasteiger partial charge in [0.1, 0.15) is 5.69 Å². The van der Waals surface area contributed by atoms with Gasteiger partial charge in [-0.15, -0.1) is 0 Å². The first-order chi connectivity index (χ1) is 12.0. The first-order valence-corrected chi connectivity index (χ1v) is 9.94. The molecule has 136 valence electrons. The van der Waals surface area contributed by atoms with Gasteiger partial charge in [-0.3, -0.25) is 4.79 Å². The lowest BCUT2D eigenvalue weighted by molar-refractivity contribution is 0.0861. The van der Waals surface area contributed by atoms with E-state index in [-0.39, 0.29) is 11.4 Å². The Morgan fingerprint density at radius 1 is 1.20 bits per heavy atom. The smallest absolute Gasteiger partial charge is 0.269 e. The molecular formula is C20H28BrN3O. The van der Waals surface area contributed by atoms with Gasteiger partial charge in [0.2, 0.25) is 0 Å². The highest BCUT2D eigenvalue weighted by atomic mass is 79.9. The van der Waals surface area contributed by atoms with Crippen LogP contribution in [0.2, 0.25) is 0 Å². The number of para-hydroxylation sites is 1. The summed E-state index contributed by atoms with van der Waals surface area (Å²) >= 11 is 3.63. The fourth-order valence-corrected chi connectivity index (χ4v) is 4.88. The van der Waals surface area contributed by atoms with Crippen LogP contribution in [0.25, 0.3) is 10.9 Å². The minimum absolute atomic E-state index is 0.00366. The summed E-state index contributed by atoms with van der Waals surface area (Å²) in [4.78, 5) is 15.3. The first-order valence-electron chi connectivity index (χ1n) is 9.15. The van der Waals surface area contributed by atoms with E-state index in [4.69, 9.17) is 0 Å². The normalized spacial score (nSPS) is 17.6.